The van der Waals surface area contributed by atoms with E-state index in [9.17, 15) is 4.79 Å². The molecule has 0 aliphatic carbocycles. The molecule has 0 aliphatic rings. The Morgan fingerprint density at radius 2 is 2.45 bits per heavy atom. The van der Waals surface area contributed by atoms with Gasteiger partial charge in [0.25, 0.3) is 0 Å². The fourth-order valence-corrected chi connectivity index (χ4v) is 0.583. The second kappa shape index (κ2) is 3.78. The van der Waals surface area contributed by atoms with Crippen LogP contribution in [0.4, 0.5) is 0 Å². The summed E-state index contributed by atoms with van der Waals surface area (Å²) in [5.41, 5.74) is -0.496. The van der Waals surface area contributed by atoms with Gasteiger partial charge in [-0.1, -0.05) is 0 Å². The average Bonchev–Trinajstić information content (AvgIpc) is 2.03. The Morgan fingerprint density at radius 3 is 3.09 bits per heavy atom. The normalized spacial score (nSPS) is 9.55. The van der Waals surface area contributed by atoms with E-state index in [2.05, 4.69) is 9.15 Å². The van der Waals surface area contributed by atoms with Gasteiger partial charge in [0.05, 0.1) is 6.26 Å². The van der Waals surface area contributed by atoms with Gasteiger partial charge in [0, 0.05) is 7.11 Å². The van der Waals surface area contributed by atoms with Crippen LogP contribution in [-0.4, -0.2) is 13.9 Å². The van der Waals surface area contributed by atoms with Gasteiger partial charge >= 0.3 is 5.63 Å². The van der Waals surface area contributed by atoms with E-state index in [1.807, 2.05) is 0 Å². The SMILES string of the molecule is COCOc1cccoc1=O. The number of ether oxygens (including phenoxy) is 2. The van der Waals surface area contributed by atoms with E-state index >= 15 is 0 Å². The summed E-state index contributed by atoms with van der Waals surface area (Å²) in [6.45, 7) is 0.0504. The first-order chi connectivity index (χ1) is 5.34. The summed E-state index contributed by atoms with van der Waals surface area (Å²) in [5, 5.41) is 0. The Balaban J connectivity index is 2.70. The molecule has 0 N–H and O–H groups in total. The van der Waals surface area contributed by atoms with E-state index in [1.165, 1.54) is 19.4 Å². The zero-order valence-electron chi connectivity index (χ0n) is 6.07. The Kier molecular flexibility index (Phi) is 2.68. The molecule has 0 saturated carbocycles. The molecule has 4 heteroatoms. The molecule has 0 saturated heterocycles. The Hall–Kier alpha value is -1.29. The molecule has 0 spiro atoms. The highest BCUT2D eigenvalue weighted by molar-refractivity contribution is 5.13. The zero-order chi connectivity index (χ0) is 8.10. The van der Waals surface area contributed by atoms with Crippen molar-refractivity contribution in [1.82, 2.24) is 0 Å². The lowest BCUT2D eigenvalue weighted by Crippen LogP contribution is -2.07. The van der Waals surface area contributed by atoms with E-state index in [4.69, 9.17) is 4.74 Å². The van der Waals surface area contributed by atoms with Crippen molar-refractivity contribution in [3.05, 3.63) is 28.8 Å². The third-order valence-electron chi connectivity index (χ3n) is 1.03. The molecule has 1 heterocycles. The van der Waals surface area contributed by atoms with Crippen molar-refractivity contribution in [2.75, 3.05) is 13.9 Å². The fraction of sp³-hybridized carbons (Fsp3) is 0.286. The zero-order valence-corrected chi connectivity index (χ0v) is 6.07. The Morgan fingerprint density at radius 1 is 1.64 bits per heavy atom. The molecule has 11 heavy (non-hydrogen) atoms. The van der Waals surface area contributed by atoms with Crippen LogP contribution in [0.15, 0.2) is 27.6 Å². The van der Waals surface area contributed by atoms with Crippen molar-refractivity contribution in [2.45, 2.75) is 0 Å². The van der Waals surface area contributed by atoms with Gasteiger partial charge in [0.1, 0.15) is 0 Å². The lowest BCUT2D eigenvalue weighted by atomic mass is 10.5. The predicted octanol–water partition coefficient (Wildman–Crippen LogP) is 0.622. The van der Waals surface area contributed by atoms with E-state index < -0.39 is 5.63 Å². The Bertz CT molecular complexity index is 265. The molecule has 0 atom stereocenters. The molecule has 0 radical (unpaired) electrons. The number of methoxy groups -OCH3 is 1. The highest BCUT2D eigenvalue weighted by Crippen LogP contribution is 2.00. The molecular formula is C7H8O4. The van der Waals surface area contributed by atoms with Crippen LogP contribution in [0.3, 0.4) is 0 Å². The third kappa shape index (κ3) is 2.09. The van der Waals surface area contributed by atoms with Crippen LogP contribution in [-0.2, 0) is 4.74 Å². The minimum atomic E-state index is -0.496. The van der Waals surface area contributed by atoms with Crippen molar-refractivity contribution in [3.63, 3.8) is 0 Å². The maximum Gasteiger partial charge on any atom is 0.378 e. The molecule has 0 bridgehead atoms. The standard InChI is InChI=1S/C7H8O4/c1-9-5-11-6-3-2-4-10-7(6)8/h2-4H,5H2,1H3. The first kappa shape index (κ1) is 7.81. The summed E-state index contributed by atoms with van der Waals surface area (Å²) in [5.74, 6) is 0.161. The first-order valence-corrected chi connectivity index (χ1v) is 3.04. The maximum absolute atomic E-state index is 10.8. The average molecular weight is 156 g/mol. The molecular weight excluding hydrogens is 148 g/mol. The highest BCUT2D eigenvalue weighted by Gasteiger charge is 1.98. The molecule has 0 aliphatic heterocycles. The largest absolute Gasteiger partial charge is 0.460 e. The van der Waals surface area contributed by atoms with E-state index in [-0.39, 0.29) is 12.5 Å². The first-order valence-electron chi connectivity index (χ1n) is 3.04. The molecule has 1 aromatic rings. The molecule has 0 amide bonds. The van der Waals surface area contributed by atoms with Crippen LogP contribution in [0.25, 0.3) is 0 Å². The van der Waals surface area contributed by atoms with E-state index in [1.54, 1.807) is 6.07 Å². The summed E-state index contributed by atoms with van der Waals surface area (Å²) in [6, 6.07) is 3.09. The second-order valence-electron chi connectivity index (χ2n) is 1.82. The number of rotatable bonds is 3. The summed E-state index contributed by atoms with van der Waals surface area (Å²) in [4.78, 5) is 10.8. The monoisotopic (exact) mass is 156 g/mol. The molecule has 1 aromatic heterocycles. The molecule has 60 valence electrons. The lowest BCUT2D eigenvalue weighted by molar-refractivity contribution is 0.0483. The second-order valence-corrected chi connectivity index (χ2v) is 1.82. The fourth-order valence-electron chi connectivity index (χ4n) is 0.583. The maximum atomic E-state index is 10.8. The van der Waals surface area contributed by atoms with Crippen LogP contribution >= 0.6 is 0 Å². The van der Waals surface area contributed by atoms with Crippen molar-refractivity contribution in [1.29, 1.82) is 0 Å². The minimum Gasteiger partial charge on any atom is -0.460 e. The quantitative estimate of drug-likeness (QED) is 0.602. The van der Waals surface area contributed by atoms with Crippen molar-refractivity contribution >= 4 is 0 Å². The summed E-state index contributed by atoms with van der Waals surface area (Å²) < 4.78 is 14.0. The highest BCUT2D eigenvalue weighted by atomic mass is 16.7. The van der Waals surface area contributed by atoms with Crippen LogP contribution in [0.1, 0.15) is 0 Å². The van der Waals surface area contributed by atoms with Crippen LogP contribution in [0, 0.1) is 0 Å². The van der Waals surface area contributed by atoms with Gasteiger partial charge in [-0.3, -0.25) is 0 Å². The van der Waals surface area contributed by atoms with Crippen molar-refractivity contribution < 1.29 is 13.9 Å². The molecule has 1 rings (SSSR count). The third-order valence-corrected chi connectivity index (χ3v) is 1.03. The van der Waals surface area contributed by atoms with Gasteiger partial charge in [-0.05, 0) is 12.1 Å². The summed E-state index contributed by atoms with van der Waals surface area (Å²) >= 11 is 0. The van der Waals surface area contributed by atoms with Gasteiger partial charge in [-0.2, -0.15) is 0 Å². The van der Waals surface area contributed by atoms with Gasteiger partial charge in [-0.15, -0.1) is 0 Å². The van der Waals surface area contributed by atoms with Gasteiger partial charge < -0.3 is 13.9 Å². The van der Waals surface area contributed by atoms with E-state index in [0.717, 1.165) is 0 Å². The van der Waals surface area contributed by atoms with Crippen molar-refractivity contribution in [2.24, 2.45) is 0 Å². The summed E-state index contributed by atoms with van der Waals surface area (Å²) in [6.07, 6.45) is 1.29. The van der Waals surface area contributed by atoms with Crippen LogP contribution < -0.4 is 10.4 Å². The van der Waals surface area contributed by atoms with Gasteiger partial charge in [0.15, 0.2) is 6.79 Å². The Labute approximate surface area is 63.4 Å². The molecule has 0 aromatic carbocycles. The van der Waals surface area contributed by atoms with Crippen molar-refractivity contribution in [3.8, 4) is 5.75 Å². The minimum absolute atomic E-state index is 0.0504. The van der Waals surface area contributed by atoms with Crippen LogP contribution in [0.5, 0.6) is 5.75 Å². The van der Waals surface area contributed by atoms with Gasteiger partial charge in [0.2, 0.25) is 5.75 Å². The topological polar surface area (TPSA) is 48.7 Å². The number of hydrogen-bond donors (Lipinski definition) is 0. The smallest absolute Gasteiger partial charge is 0.378 e. The predicted molar refractivity (Wildman–Crippen MR) is 37.5 cm³/mol. The lowest BCUT2D eigenvalue weighted by Gasteiger charge is -2.00. The van der Waals surface area contributed by atoms with Gasteiger partial charge in [-0.25, -0.2) is 4.79 Å². The molecule has 0 unspecified atom stereocenters. The molecule has 0 fully saturated rings. The van der Waals surface area contributed by atoms with E-state index in [0.29, 0.717) is 0 Å². The van der Waals surface area contributed by atoms with Crippen LogP contribution in [0.2, 0.25) is 0 Å². The number of hydrogen-bond acceptors (Lipinski definition) is 4. The molecule has 4 nitrogen and oxygen atoms in total. The summed E-state index contributed by atoms with van der Waals surface area (Å²) in [7, 11) is 1.48.